The molecule has 0 radical (unpaired) electrons. The van der Waals surface area contributed by atoms with Crippen LogP contribution in [0, 0.1) is 0 Å². The third kappa shape index (κ3) is 3.08. The van der Waals surface area contributed by atoms with Gasteiger partial charge in [-0.2, -0.15) is 0 Å². The van der Waals surface area contributed by atoms with Crippen molar-refractivity contribution in [2.75, 3.05) is 20.1 Å². The Morgan fingerprint density at radius 3 is 2.75 bits per heavy atom. The van der Waals surface area contributed by atoms with Crippen LogP contribution in [0.2, 0.25) is 0 Å². The van der Waals surface area contributed by atoms with Gasteiger partial charge in [-0.3, -0.25) is 4.90 Å². The van der Waals surface area contributed by atoms with Crippen LogP contribution in [0.5, 0.6) is 0 Å². The Hall–Kier alpha value is -1.65. The molecular formula is C16H21N3O. The number of hydrogen-bond acceptors (Lipinski definition) is 4. The first kappa shape index (κ1) is 13.3. The van der Waals surface area contributed by atoms with E-state index in [-0.39, 0.29) is 0 Å². The third-order valence-electron chi connectivity index (χ3n) is 3.97. The van der Waals surface area contributed by atoms with Crippen molar-refractivity contribution >= 4 is 0 Å². The van der Waals surface area contributed by atoms with Crippen LogP contribution in [-0.4, -0.2) is 36.2 Å². The lowest BCUT2D eigenvalue weighted by atomic mass is 10.1. The molecule has 0 bridgehead atoms. The van der Waals surface area contributed by atoms with Crippen LogP contribution < -0.4 is 5.32 Å². The summed E-state index contributed by atoms with van der Waals surface area (Å²) in [5.41, 5.74) is 2.02. The molecule has 106 valence electrons. The van der Waals surface area contributed by atoms with Crippen molar-refractivity contribution in [1.82, 2.24) is 15.4 Å². The molecule has 1 saturated heterocycles. The molecule has 20 heavy (non-hydrogen) atoms. The van der Waals surface area contributed by atoms with Gasteiger partial charge >= 0.3 is 0 Å². The molecule has 0 unspecified atom stereocenters. The Bertz CT molecular complexity index is 532. The normalized spacial score (nSPS) is 16.7. The highest BCUT2D eigenvalue weighted by atomic mass is 16.5. The van der Waals surface area contributed by atoms with Gasteiger partial charge in [0.1, 0.15) is 5.69 Å². The largest absolute Gasteiger partial charge is 0.359 e. The Morgan fingerprint density at radius 2 is 2.00 bits per heavy atom. The van der Waals surface area contributed by atoms with Crippen LogP contribution in [0.25, 0.3) is 11.3 Å². The maximum atomic E-state index is 5.47. The molecule has 1 fully saturated rings. The molecule has 1 N–H and O–H groups in total. The van der Waals surface area contributed by atoms with Gasteiger partial charge in [0.05, 0.1) is 6.54 Å². The summed E-state index contributed by atoms with van der Waals surface area (Å²) in [4.78, 5) is 2.37. The van der Waals surface area contributed by atoms with Crippen LogP contribution >= 0.6 is 0 Å². The van der Waals surface area contributed by atoms with Gasteiger partial charge in [-0.15, -0.1) is 0 Å². The summed E-state index contributed by atoms with van der Waals surface area (Å²) in [5.74, 6) is 0.935. The highest BCUT2D eigenvalue weighted by molar-refractivity contribution is 5.58. The van der Waals surface area contributed by atoms with Crippen LogP contribution in [0.3, 0.4) is 0 Å². The fourth-order valence-electron chi connectivity index (χ4n) is 2.75. The Labute approximate surface area is 119 Å². The van der Waals surface area contributed by atoms with Crippen molar-refractivity contribution in [1.29, 1.82) is 0 Å². The zero-order chi connectivity index (χ0) is 13.8. The molecule has 0 aliphatic carbocycles. The van der Waals surface area contributed by atoms with Gasteiger partial charge in [0.15, 0.2) is 5.76 Å². The highest BCUT2D eigenvalue weighted by Crippen LogP contribution is 2.20. The fraction of sp³-hybridized carbons (Fsp3) is 0.438. The van der Waals surface area contributed by atoms with E-state index >= 15 is 0 Å². The van der Waals surface area contributed by atoms with Crippen molar-refractivity contribution in [2.24, 2.45) is 0 Å². The van der Waals surface area contributed by atoms with Crippen LogP contribution in [0.15, 0.2) is 40.9 Å². The SMILES string of the molecule is CN(Cc1cc(-c2ccccc2)no1)C1CCNCC1. The van der Waals surface area contributed by atoms with Gasteiger partial charge < -0.3 is 9.84 Å². The second-order valence-corrected chi connectivity index (χ2v) is 5.44. The third-order valence-corrected chi connectivity index (χ3v) is 3.97. The average Bonchev–Trinajstić information content (AvgIpc) is 2.97. The van der Waals surface area contributed by atoms with Crippen LogP contribution in [-0.2, 0) is 6.54 Å². The molecule has 1 aliphatic rings. The van der Waals surface area contributed by atoms with Crippen molar-refractivity contribution in [3.05, 3.63) is 42.2 Å². The van der Waals surface area contributed by atoms with E-state index in [1.165, 1.54) is 12.8 Å². The topological polar surface area (TPSA) is 41.3 Å². The van der Waals surface area contributed by atoms with E-state index in [1.54, 1.807) is 0 Å². The van der Waals surface area contributed by atoms with E-state index in [1.807, 2.05) is 24.3 Å². The minimum atomic E-state index is 0.640. The molecule has 4 nitrogen and oxygen atoms in total. The summed E-state index contributed by atoms with van der Waals surface area (Å²) in [6.07, 6.45) is 2.41. The maximum Gasteiger partial charge on any atom is 0.151 e. The molecule has 0 atom stereocenters. The zero-order valence-corrected chi connectivity index (χ0v) is 11.9. The number of benzene rings is 1. The molecule has 3 rings (SSSR count). The number of nitrogens with one attached hydrogen (secondary N) is 1. The molecule has 1 aromatic carbocycles. The first-order valence-corrected chi connectivity index (χ1v) is 7.25. The van der Waals surface area contributed by atoms with E-state index in [4.69, 9.17) is 4.52 Å². The van der Waals surface area contributed by atoms with Crippen LogP contribution in [0.4, 0.5) is 0 Å². The molecule has 2 aromatic rings. The Morgan fingerprint density at radius 1 is 1.25 bits per heavy atom. The van der Waals surface area contributed by atoms with Crippen molar-refractivity contribution < 1.29 is 4.52 Å². The minimum absolute atomic E-state index is 0.640. The molecule has 1 aromatic heterocycles. The zero-order valence-electron chi connectivity index (χ0n) is 11.9. The first-order valence-electron chi connectivity index (χ1n) is 7.25. The van der Waals surface area contributed by atoms with Gasteiger partial charge in [-0.1, -0.05) is 35.5 Å². The lowest BCUT2D eigenvalue weighted by Crippen LogP contribution is -2.40. The number of hydrogen-bond donors (Lipinski definition) is 1. The van der Waals surface area contributed by atoms with Gasteiger partial charge in [0.25, 0.3) is 0 Å². The van der Waals surface area contributed by atoms with Crippen LogP contribution in [0.1, 0.15) is 18.6 Å². The maximum absolute atomic E-state index is 5.47. The van der Waals surface area contributed by atoms with Crippen molar-refractivity contribution in [2.45, 2.75) is 25.4 Å². The number of piperidine rings is 1. The number of rotatable bonds is 4. The smallest absolute Gasteiger partial charge is 0.151 e. The molecule has 2 heterocycles. The van der Waals surface area contributed by atoms with Gasteiger partial charge in [0.2, 0.25) is 0 Å². The van der Waals surface area contributed by atoms with Gasteiger partial charge in [-0.05, 0) is 33.0 Å². The average molecular weight is 271 g/mol. The summed E-state index contributed by atoms with van der Waals surface area (Å²) in [7, 11) is 2.17. The van der Waals surface area contributed by atoms with E-state index < -0.39 is 0 Å². The van der Waals surface area contributed by atoms with Gasteiger partial charge in [-0.25, -0.2) is 0 Å². The summed E-state index contributed by atoms with van der Waals surface area (Å²) in [5, 5.41) is 7.57. The van der Waals surface area contributed by atoms with Crippen molar-refractivity contribution in [3.63, 3.8) is 0 Å². The second-order valence-electron chi connectivity index (χ2n) is 5.44. The molecule has 1 aliphatic heterocycles. The number of aromatic nitrogens is 1. The highest BCUT2D eigenvalue weighted by Gasteiger charge is 2.19. The molecule has 0 saturated carbocycles. The minimum Gasteiger partial charge on any atom is -0.359 e. The standard InChI is InChI=1S/C16H21N3O/c1-19(14-7-9-17-10-8-14)12-15-11-16(18-20-15)13-5-3-2-4-6-13/h2-6,11,14,17H,7-10,12H2,1H3. The summed E-state index contributed by atoms with van der Waals surface area (Å²) in [6, 6.07) is 12.8. The number of nitrogens with zero attached hydrogens (tertiary/aromatic N) is 2. The predicted octanol–water partition coefficient (Wildman–Crippen LogP) is 2.53. The molecule has 0 spiro atoms. The van der Waals surface area contributed by atoms with E-state index in [0.29, 0.717) is 6.04 Å². The Balaban J connectivity index is 1.65. The first-order chi connectivity index (χ1) is 9.83. The fourth-order valence-corrected chi connectivity index (χ4v) is 2.75. The molecular weight excluding hydrogens is 250 g/mol. The van der Waals surface area contributed by atoms with Gasteiger partial charge in [0, 0.05) is 17.7 Å². The van der Waals surface area contributed by atoms with E-state index in [2.05, 4.69) is 34.6 Å². The van der Waals surface area contributed by atoms with E-state index in [9.17, 15) is 0 Å². The van der Waals surface area contributed by atoms with E-state index in [0.717, 1.165) is 36.7 Å². The molecule has 0 amide bonds. The lowest BCUT2D eigenvalue weighted by Gasteiger charge is -2.30. The molecule has 4 heteroatoms. The second kappa shape index (κ2) is 6.20. The monoisotopic (exact) mass is 271 g/mol. The van der Waals surface area contributed by atoms with Crippen molar-refractivity contribution in [3.8, 4) is 11.3 Å². The summed E-state index contributed by atoms with van der Waals surface area (Å²) < 4.78 is 5.47. The summed E-state index contributed by atoms with van der Waals surface area (Å²) in [6.45, 7) is 3.05. The quantitative estimate of drug-likeness (QED) is 0.928. The Kier molecular flexibility index (Phi) is 4.14. The lowest BCUT2D eigenvalue weighted by molar-refractivity contribution is 0.174. The predicted molar refractivity (Wildman–Crippen MR) is 79.3 cm³/mol. The summed E-state index contributed by atoms with van der Waals surface area (Å²) >= 11 is 0.